The fourth-order valence-electron chi connectivity index (χ4n) is 4.87. The lowest BCUT2D eigenvalue weighted by Crippen LogP contribution is -2.49. The van der Waals surface area contributed by atoms with Gasteiger partial charge < -0.3 is 20.0 Å². The van der Waals surface area contributed by atoms with Gasteiger partial charge in [0.2, 0.25) is 11.8 Å². The van der Waals surface area contributed by atoms with E-state index in [0.717, 1.165) is 31.2 Å². The zero-order valence-corrected chi connectivity index (χ0v) is 20.0. The van der Waals surface area contributed by atoms with Crippen LogP contribution in [0.5, 0.6) is 0 Å². The maximum atomic E-state index is 14.2. The van der Waals surface area contributed by atoms with E-state index in [2.05, 4.69) is 5.32 Å². The van der Waals surface area contributed by atoms with Crippen LogP contribution >= 0.6 is 11.6 Å². The molecule has 2 atom stereocenters. The standard InChI is InChI=1S/C24H32ClFN4O3/c1-15-10-17(21(26)11-20(15)25)12-27-24(33)30(18-5-6-18)14-16-4-3-8-29(13-16)23(32)19-7-9-28(2)22(19)31/h10-11,16,18-19H,3-9,12-14H2,1-2H3,(H,27,33)/t16-,19?/m1/s1. The first-order valence-corrected chi connectivity index (χ1v) is 12.1. The summed E-state index contributed by atoms with van der Waals surface area (Å²) in [5.74, 6) is -1.000. The molecule has 9 heteroatoms. The van der Waals surface area contributed by atoms with Gasteiger partial charge in [-0.05, 0) is 62.6 Å². The van der Waals surface area contributed by atoms with E-state index in [4.69, 9.17) is 11.6 Å². The summed E-state index contributed by atoms with van der Waals surface area (Å²) in [5, 5.41) is 3.23. The maximum absolute atomic E-state index is 14.2. The second kappa shape index (κ2) is 9.87. The third-order valence-electron chi connectivity index (χ3n) is 7.02. The fourth-order valence-corrected chi connectivity index (χ4v) is 5.02. The van der Waals surface area contributed by atoms with Gasteiger partial charge >= 0.3 is 6.03 Å². The van der Waals surface area contributed by atoms with Gasteiger partial charge in [-0.25, -0.2) is 9.18 Å². The Hall–Kier alpha value is -2.35. The van der Waals surface area contributed by atoms with Crippen molar-refractivity contribution in [2.45, 2.75) is 51.6 Å². The van der Waals surface area contributed by atoms with Crippen molar-refractivity contribution in [3.05, 3.63) is 34.1 Å². The molecule has 0 bridgehead atoms. The normalized spacial score (nSPS) is 23.1. The molecule has 1 N–H and O–H groups in total. The van der Waals surface area contributed by atoms with Crippen LogP contribution in [0.3, 0.4) is 0 Å². The Kier molecular flexibility index (Phi) is 7.12. The van der Waals surface area contributed by atoms with Crippen LogP contribution in [-0.4, -0.2) is 71.8 Å². The Morgan fingerprint density at radius 1 is 1.21 bits per heavy atom. The zero-order chi connectivity index (χ0) is 23.7. The van der Waals surface area contributed by atoms with Crippen LogP contribution in [0.1, 0.15) is 43.2 Å². The lowest BCUT2D eigenvalue weighted by Gasteiger charge is -2.36. The van der Waals surface area contributed by atoms with E-state index in [1.807, 2.05) is 9.80 Å². The number of carbonyl (C=O) groups is 3. The number of hydrogen-bond acceptors (Lipinski definition) is 3. The van der Waals surface area contributed by atoms with Crippen molar-refractivity contribution in [1.29, 1.82) is 0 Å². The highest BCUT2D eigenvalue weighted by Gasteiger charge is 2.40. The van der Waals surface area contributed by atoms with Gasteiger partial charge in [-0.2, -0.15) is 0 Å². The molecule has 1 saturated carbocycles. The molecule has 1 unspecified atom stereocenters. The van der Waals surface area contributed by atoms with Gasteiger partial charge in [0, 0.05) is 56.4 Å². The monoisotopic (exact) mass is 478 g/mol. The molecule has 2 saturated heterocycles. The first-order chi connectivity index (χ1) is 15.7. The number of nitrogens with one attached hydrogen (secondary N) is 1. The molecule has 180 valence electrons. The fraction of sp³-hybridized carbons (Fsp3) is 0.625. The van der Waals surface area contributed by atoms with Gasteiger partial charge in [0.1, 0.15) is 11.7 Å². The topological polar surface area (TPSA) is 73.0 Å². The van der Waals surface area contributed by atoms with E-state index < -0.39 is 11.7 Å². The number of aryl methyl sites for hydroxylation is 1. The molecule has 2 aliphatic heterocycles. The predicted octanol–water partition coefficient (Wildman–Crippen LogP) is 3.18. The number of benzene rings is 1. The minimum Gasteiger partial charge on any atom is -0.345 e. The van der Waals surface area contributed by atoms with Crippen LogP contribution in [0.2, 0.25) is 5.02 Å². The molecular formula is C24H32ClFN4O3. The molecular weight excluding hydrogens is 447 g/mol. The number of halogens is 2. The largest absolute Gasteiger partial charge is 0.345 e. The van der Waals surface area contributed by atoms with E-state index >= 15 is 0 Å². The molecule has 1 aromatic rings. The van der Waals surface area contributed by atoms with Crippen molar-refractivity contribution in [1.82, 2.24) is 20.0 Å². The van der Waals surface area contributed by atoms with Crippen LogP contribution in [0.15, 0.2) is 12.1 Å². The summed E-state index contributed by atoms with van der Waals surface area (Å²) in [6, 6.07) is 2.92. The number of carbonyl (C=O) groups excluding carboxylic acids is 3. The van der Waals surface area contributed by atoms with Gasteiger partial charge in [0.05, 0.1) is 0 Å². The van der Waals surface area contributed by atoms with Crippen molar-refractivity contribution in [2.24, 2.45) is 11.8 Å². The van der Waals surface area contributed by atoms with E-state index in [0.29, 0.717) is 43.2 Å². The van der Waals surface area contributed by atoms with Crippen LogP contribution < -0.4 is 5.32 Å². The smallest absolute Gasteiger partial charge is 0.317 e. The second-order valence-electron chi connectivity index (χ2n) is 9.63. The Morgan fingerprint density at radius 3 is 2.64 bits per heavy atom. The average molecular weight is 479 g/mol. The van der Waals surface area contributed by atoms with E-state index in [-0.39, 0.29) is 36.3 Å². The van der Waals surface area contributed by atoms with Crippen LogP contribution in [0.25, 0.3) is 0 Å². The predicted molar refractivity (Wildman–Crippen MR) is 123 cm³/mol. The molecule has 0 aromatic heterocycles. The number of hydrogen-bond donors (Lipinski definition) is 1. The van der Waals surface area contributed by atoms with Gasteiger partial charge in [-0.15, -0.1) is 0 Å². The highest BCUT2D eigenvalue weighted by atomic mass is 35.5. The number of amides is 4. The van der Waals surface area contributed by atoms with Gasteiger partial charge in [-0.1, -0.05) is 11.6 Å². The van der Waals surface area contributed by atoms with Crippen LogP contribution in [-0.2, 0) is 16.1 Å². The second-order valence-corrected chi connectivity index (χ2v) is 10.0. The average Bonchev–Trinajstić information content (AvgIpc) is 3.58. The number of nitrogens with zero attached hydrogens (tertiary/aromatic N) is 3. The summed E-state index contributed by atoms with van der Waals surface area (Å²) in [4.78, 5) is 43.5. The molecule has 3 aliphatic rings. The SMILES string of the molecule is Cc1cc(CNC(=O)N(C[C@@H]2CCCN(C(=O)C3CCN(C)C3=O)C2)C2CC2)c(F)cc1Cl. The van der Waals surface area contributed by atoms with Crippen LogP contribution in [0, 0.1) is 24.6 Å². The molecule has 4 amide bonds. The lowest BCUT2D eigenvalue weighted by atomic mass is 9.95. The van der Waals surface area contributed by atoms with Gasteiger partial charge in [-0.3, -0.25) is 9.59 Å². The van der Waals surface area contributed by atoms with Crippen molar-refractivity contribution in [3.63, 3.8) is 0 Å². The van der Waals surface area contributed by atoms with Gasteiger partial charge in [0.25, 0.3) is 0 Å². The quantitative estimate of drug-likeness (QED) is 0.638. The molecule has 7 nitrogen and oxygen atoms in total. The molecule has 0 spiro atoms. The Bertz CT molecular complexity index is 939. The first-order valence-electron chi connectivity index (χ1n) is 11.8. The van der Waals surface area contributed by atoms with Crippen LogP contribution in [0.4, 0.5) is 9.18 Å². The van der Waals surface area contributed by atoms with E-state index in [9.17, 15) is 18.8 Å². The number of rotatable bonds is 6. The summed E-state index contributed by atoms with van der Waals surface area (Å²) in [5.41, 5.74) is 1.17. The minimum atomic E-state index is -0.561. The molecule has 33 heavy (non-hydrogen) atoms. The molecule has 1 aromatic carbocycles. The number of urea groups is 1. The highest BCUT2D eigenvalue weighted by molar-refractivity contribution is 6.31. The first kappa shape index (κ1) is 23.8. The summed E-state index contributed by atoms with van der Waals surface area (Å²) in [7, 11) is 1.73. The lowest BCUT2D eigenvalue weighted by molar-refractivity contribution is -0.144. The molecule has 1 aliphatic carbocycles. The number of likely N-dealkylation sites (tertiary alicyclic amines) is 2. The Morgan fingerprint density at radius 2 is 1.97 bits per heavy atom. The van der Waals surface area contributed by atoms with Crippen molar-refractivity contribution < 1.29 is 18.8 Å². The van der Waals surface area contributed by atoms with Crippen molar-refractivity contribution >= 4 is 29.4 Å². The summed E-state index contributed by atoms with van der Waals surface area (Å²) >= 11 is 5.96. The van der Waals surface area contributed by atoms with E-state index in [1.54, 1.807) is 24.9 Å². The summed E-state index contributed by atoms with van der Waals surface area (Å²) < 4.78 is 14.2. The molecule has 0 radical (unpaired) electrons. The Labute approximate surface area is 199 Å². The van der Waals surface area contributed by atoms with E-state index in [1.165, 1.54) is 6.07 Å². The Balaban J connectivity index is 1.35. The summed E-state index contributed by atoms with van der Waals surface area (Å²) in [6.07, 6.45) is 4.29. The third kappa shape index (κ3) is 5.42. The van der Waals surface area contributed by atoms with Gasteiger partial charge in [0.15, 0.2) is 0 Å². The summed E-state index contributed by atoms with van der Waals surface area (Å²) in [6.45, 7) is 4.30. The maximum Gasteiger partial charge on any atom is 0.317 e. The molecule has 4 rings (SSSR count). The molecule has 3 fully saturated rings. The minimum absolute atomic E-state index is 0.0787. The van der Waals surface area contributed by atoms with Crippen molar-refractivity contribution in [2.75, 3.05) is 33.2 Å². The zero-order valence-electron chi connectivity index (χ0n) is 19.3. The van der Waals surface area contributed by atoms with Crippen molar-refractivity contribution in [3.8, 4) is 0 Å². The number of piperidine rings is 1. The third-order valence-corrected chi connectivity index (χ3v) is 7.42. The highest BCUT2D eigenvalue weighted by Crippen LogP contribution is 2.30. The molecule has 2 heterocycles.